The van der Waals surface area contributed by atoms with E-state index in [0.29, 0.717) is 18.7 Å². The molecular formula is C10H18N2O. The van der Waals surface area contributed by atoms with Crippen LogP contribution >= 0.6 is 0 Å². The average molecular weight is 182 g/mol. The summed E-state index contributed by atoms with van der Waals surface area (Å²) in [6, 6.07) is 0. The Morgan fingerprint density at radius 3 is 1.92 bits per heavy atom. The third kappa shape index (κ3) is 4.98. The minimum absolute atomic E-state index is 0. The van der Waals surface area contributed by atoms with Crippen molar-refractivity contribution in [3.63, 3.8) is 0 Å². The lowest BCUT2D eigenvalue weighted by Crippen LogP contribution is -2.31. The Bertz CT molecular complexity index is 199. The van der Waals surface area contributed by atoms with E-state index < -0.39 is 0 Å². The molecule has 0 aliphatic carbocycles. The molecule has 0 aromatic rings. The SMILES string of the molecule is C=CCN(CC=C)C(=O)C(=C)C.N. The molecule has 3 N–H and O–H groups in total. The van der Waals surface area contributed by atoms with Gasteiger partial charge in [-0.25, -0.2) is 0 Å². The highest BCUT2D eigenvalue weighted by atomic mass is 16.2. The van der Waals surface area contributed by atoms with Crippen molar-refractivity contribution < 1.29 is 4.79 Å². The van der Waals surface area contributed by atoms with Crippen LogP contribution in [0, 0.1) is 0 Å². The van der Waals surface area contributed by atoms with Crippen LogP contribution in [0.3, 0.4) is 0 Å². The fraction of sp³-hybridized carbons (Fsp3) is 0.300. The average Bonchev–Trinajstić information content (AvgIpc) is 2.03. The molecular weight excluding hydrogens is 164 g/mol. The van der Waals surface area contributed by atoms with Gasteiger partial charge in [0.15, 0.2) is 0 Å². The lowest BCUT2D eigenvalue weighted by molar-refractivity contribution is -0.126. The first-order chi connectivity index (χ1) is 5.63. The maximum absolute atomic E-state index is 11.4. The minimum Gasteiger partial charge on any atom is -0.344 e. The summed E-state index contributed by atoms with van der Waals surface area (Å²) in [6.45, 7) is 13.5. The largest absolute Gasteiger partial charge is 0.344 e. The number of rotatable bonds is 5. The maximum Gasteiger partial charge on any atom is 0.249 e. The summed E-state index contributed by atoms with van der Waals surface area (Å²) in [6.07, 6.45) is 3.37. The van der Waals surface area contributed by atoms with Crippen molar-refractivity contribution in [1.29, 1.82) is 0 Å². The van der Waals surface area contributed by atoms with Gasteiger partial charge in [0.05, 0.1) is 0 Å². The Morgan fingerprint density at radius 2 is 1.69 bits per heavy atom. The molecule has 0 unspecified atom stereocenters. The van der Waals surface area contributed by atoms with Crippen molar-refractivity contribution in [2.45, 2.75) is 6.92 Å². The summed E-state index contributed by atoms with van der Waals surface area (Å²) >= 11 is 0. The van der Waals surface area contributed by atoms with Gasteiger partial charge in [-0.1, -0.05) is 18.7 Å². The van der Waals surface area contributed by atoms with Crippen molar-refractivity contribution in [3.05, 3.63) is 37.5 Å². The summed E-state index contributed by atoms with van der Waals surface area (Å²) in [5, 5.41) is 0. The Kier molecular flexibility index (Phi) is 7.98. The number of amides is 1. The Morgan fingerprint density at radius 1 is 1.31 bits per heavy atom. The first-order valence-electron chi connectivity index (χ1n) is 3.80. The van der Waals surface area contributed by atoms with E-state index in [2.05, 4.69) is 19.7 Å². The second-order valence-electron chi connectivity index (χ2n) is 2.57. The van der Waals surface area contributed by atoms with Gasteiger partial charge in [0.2, 0.25) is 5.91 Å². The van der Waals surface area contributed by atoms with Crippen LogP contribution in [0.2, 0.25) is 0 Å². The predicted molar refractivity (Wildman–Crippen MR) is 56.8 cm³/mol. The van der Waals surface area contributed by atoms with E-state index in [0.717, 1.165) is 0 Å². The molecule has 0 aliphatic heterocycles. The van der Waals surface area contributed by atoms with Crippen molar-refractivity contribution >= 4 is 5.91 Å². The lowest BCUT2D eigenvalue weighted by Gasteiger charge is -2.18. The number of hydrogen-bond donors (Lipinski definition) is 1. The fourth-order valence-corrected chi connectivity index (χ4v) is 0.822. The molecule has 0 bridgehead atoms. The zero-order valence-corrected chi connectivity index (χ0v) is 8.25. The molecule has 0 saturated carbocycles. The third-order valence-corrected chi connectivity index (χ3v) is 1.35. The Labute approximate surface area is 80.0 Å². The molecule has 1 amide bonds. The summed E-state index contributed by atoms with van der Waals surface area (Å²) in [7, 11) is 0. The minimum atomic E-state index is -0.0465. The van der Waals surface area contributed by atoms with Crippen LogP contribution in [0.1, 0.15) is 6.92 Å². The molecule has 0 saturated heterocycles. The summed E-state index contributed by atoms with van der Waals surface area (Å²) < 4.78 is 0. The predicted octanol–water partition coefficient (Wildman–Crippen LogP) is 1.93. The van der Waals surface area contributed by atoms with Gasteiger partial charge in [-0.2, -0.15) is 0 Å². The van der Waals surface area contributed by atoms with Crippen molar-refractivity contribution in [2.24, 2.45) is 0 Å². The fourth-order valence-electron chi connectivity index (χ4n) is 0.822. The summed E-state index contributed by atoms with van der Waals surface area (Å²) in [4.78, 5) is 13.0. The first kappa shape index (κ1) is 14.2. The van der Waals surface area contributed by atoms with Gasteiger partial charge in [-0.3, -0.25) is 4.79 Å². The zero-order valence-electron chi connectivity index (χ0n) is 8.25. The normalized spacial score (nSPS) is 8.08. The standard InChI is InChI=1S/C10H15NO.H3N/c1-5-7-11(8-6-2)10(12)9(3)4;/h5-6H,1-3,7-8H2,4H3;1H3. The van der Waals surface area contributed by atoms with Crippen LogP contribution in [0.25, 0.3) is 0 Å². The highest BCUT2D eigenvalue weighted by molar-refractivity contribution is 5.92. The Balaban J connectivity index is 0. The number of carbonyl (C=O) groups excluding carboxylic acids is 1. The molecule has 0 fully saturated rings. The monoisotopic (exact) mass is 182 g/mol. The summed E-state index contributed by atoms with van der Waals surface area (Å²) in [5.41, 5.74) is 0.540. The highest BCUT2D eigenvalue weighted by Gasteiger charge is 2.09. The molecule has 0 atom stereocenters. The van der Waals surface area contributed by atoms with Crippen LogP contribution in [0.15, 0.2) is 37.5 Å². The topological polar surface area (TPSA) is 55.3 Å². The van der Waals surface area contributed by atoms with Gasteiger partial charge in [-0.15, -0.1) is 13.2 Å². The van der Waals surface area contributed by atoms with Crippen molar-refractivity contribution in [2.75, 3.05) is 13.1 Å². The second-order valence-corrected chi connectivity index (χ2v) is 2.57. The molecule has 0 aliphatic rings. The quantitative estimate of drug-likeness (QED) is 0.521. The smallest absolute Gasteiger partial charge is 0.249 e. The Hall–Kier alpha value is -1.35. The van der Waals surface area contributed by atoms with Gasteiger partial charge < -0.3 is 11.1 Å². The molecule has 0 radical (unpaired) electrons. The van der Waals surface area contributed by atoms with Gasteiger partial charge >= 0.3 is 0 Å². The van der Waals surface area contributed by atoms with Crippen LogP contribution in [-0.2, 0) is 4.79 Å². The maximum atomic E-state index is 11.4. The van der Waals surface area contributed by atoms with Crippen LogP contribution in [-0.4, -0.2) is 23.9 Å². The lowest BCUT2D eigenvalue weighted by atomic mass is 10.3. The van der Waals surface area contributed by atoms with E-state index in [4.69, 9.17) is 0 Å². The number of carbonyl (C=O) groups is 1. The number of hydrogen-bond acceptors (Lipinski definition) is 2. The summed E-state index contributed by atoms with van der Waals surface area (Å²) in [5.74, 6) is -0.0465. The third-order valence-electron chi connectivity index (χ3n) is 1.35. The second kappa shape index (κ2) is 7.31. The molecule has 0 spiro atoms. The van der Waals surface area contributed by atoms with E-state index in [9.17, 15) is 4.79 Å². The van der Waals surface area contributed by atoms with E-state index in [1.165, 1.54) is 0 Å². The molecule has 3 nitrogen and oxygen atoms in total. The van der Waals surface area contributed by atoms with E-state index in [1.54, 1.807) is 24.0 Å². The molecule has 0 heterocycles. The van der Waals surface area contributed by atoms with Crippen LogP contribution < -0.4 is 6.15 Å². The first-order valence-corrected chi connectivity index (χ1v) is 3.80. The zero-order chi connectivity index (χ0) is 9.56. The molecule has 0 aromatic heterocycles. The van der Waals surface area contributed by atoms with Gasteiger partial charge in [0, 0.05) is 18.7 Å². The van der Waals surface area contributed by atoms with Gasteiger partial charge in [0.25, 0.3) is 0 Å². The highest BCUT2D eigenvalue weighted by Crippen LogP contribution is 1.98. The van der Waals surface area contributed by atoms with E-state index in [-0.39, 0.29) is 12.1 Å². The van der Waals surface area contributed by atoms with Crippen molar-refractivity contribution in [3.8, 4) is 0 Å². The van der Waals surface area contributed by atoms with Crippen LogP contribution in [0.4, 0.5) is 0 Å². The number of nitrogens with zero attached hydrogens (tertiary/aromatic N) is 1. The van der Waals surface area contributed by atoms with E-state index in [1.807, 2.05) is 0 Å². The van der Waals surface area contributed by atoms with Gasteiger partial charge in [0.1, 0.15) is 0 Å². The molecule has 3 heteroatoms. The molecule has 0 rings (SSSR count). The van der Waals surface area contributed by atoms with Crippen molar-refractivity contribution in [1.82, 2.24) is 11.1 Å². The van der Waals surface area contributed by atoms with Gasteiger partial charge in [-0.05, 0) is 6.92 Å². The van der Waals surface area contributed by atoms with E-state index >= 15 is 0 Å². The molecule has 13 heavy (non-hydrogen) atoms. The molecule has 0 aromatic carbocycles. The van der Waals surface area contributed by atoms with Crippen LogP contribution in [0.5, 0.6) is 0 Å². The molecule has 74 valence electrons.